The molecular formula is C18H10F3N3O2. The summed E-state index contributed by atoms with van der Waals surface area (Å²) in [6, 6.07) is 14.3. The minimum absolute atomic E-state index is 0.251. The number of alkyl halides is 3. The summed E-state index contributed by atoms with van der Waals surface area (Å²) in [6.07, 6.45) is -4.78. The molecule has 0 unspecified atom stereocenters. The summed E-state index contributed by atoms with van der Waals surface area (Å²) >= 11 is 0. The molecule has 5 nitrogen and oxygen atoms in total. The van der Waals surface area contributed by atoms with Gasteiger partial charge in [-0.05, 0) is 23.4 Å². The van der Waals surface area contributed by atoms with Gasteiger partial charge in [-0.25, -0.2) is 0 Å². The van der Waals surface area contributed by atoms with Crippen LogP contribution in [0, 0.1) is 4.91 Å². The van der Waals surface area contributed by atoms with Gasteiger partial charge < -0.3 is 4.74 Å². The van der Waals surface area contributed by atoms with Gasteiger partial charge in [-0.3, -0.25) is 5.10 Å². The topological polar surface area (TPSA) is 67.3 Å². The lowest BCUT2D eigenvalue weighted by atomic mass is 10.1. The predicted octanol–water partition coefficient (Wildman–Crippen LogP) is 5.63. The molecule has 130 valence electrons. The number of aromatic nitrogens is 2. The van der Waals surface area contributed by atoms with Gasteiger partial charge in [-0.1, -0.05) is 36.4 Å². The molecule has 26 heavy (non-hydrogen) atoms. The number of hydrogen-bond acceptors (Lipinski definition) is 4. The Morgan fingerprint density at radius 1 is 1.00 bits per heavy atom. The number of aromatic amines is 1. The molecule has 4 rings (SSSR count). The van der Waals surface area contributed by atoms with Gasteiger partial charge in [0, 0.05) is 21.9 Å². The van der Waals surface area contributed by atoms with Gasteiger partial charge in [0.2, 0.25) is 0 Å². The van der Waals surface area contributed by atoms with Crippen molar-refractivity contribution < 1.29 is 17.9 Å². The van der Waals surface area contributed by atoms with E-state index in [0.717, 1.165) is 5.39 Å². The number of hydrogen-bond donors (Lipinski definition) is 1. The Morgan fingerprint density at radius 3 is 2.50 bits per heavy atom. The van der Waals surface area contributed by atoms with E-state index >= 15 is 0 Å². The summed E-state index contributed by atoms with van der Waals surface area (Å²) < 4.78 is 41.2. The number of H-pyrrole nitrogens is 1. The van der Waals surface area contributed by atoms with Crippen LogP contribution in [0.5, 0.6) is 5.75 Å². The van der Waals surface area contributed by atoms with Gasteiger partial charge >= 0.3 is 6.36 Å². The number of rotatable bonds is 3. The highest BCUT2D eigenvalue weighted by atomic mass is 19.4. The van der Waals surface area contributed by atoms with E-state index in [1.807, 2.05) is 12.1 Å². The maximum atomic E-state index is 12.4. The quantitative estimate of drug-likeness (QED) is 0.483. The zero-order chi connectivity index (χ0) is 18.3. The molecule has 2 aliphatic rings. The molecular weight excluding hydrogens is 347 g/mol. The van der Waals surface area contributed by atoms with Crippen LogP contribution in [0.25, 0.3) is 33.3 Å². The number of nitrogens with one attached hydrogen (secondary N) is 1. The first-order chi connectivity index (χ1) is 12.5. The second-order valence-electron chi connectivity index (χ2n) is 5.61. The van der Waals surface area contributed by atoms with Crippen molar-refractivity contribution in [1.29, 1.82) is 0 Å². The molecule has 0 fully saturated rings. The van der Waals surface area contributed by atoms with E-state index in [0.29, 0.717) is 27.9 Å². The average molecular weight is 357 g/mol. The molecule has 0 atom stereocenters. The second kappa shape index (κ2) is 5.83. The first-order valence-electron chi connectivity index (χ1n) is 7.55. The molecule has 8 heteroatoms. The normalized spacial score (nSPS) is 11.8. The van der Waals surface area contributed by atoms with E-state index in [2.05, 4.69) is 20.1 Å². The van der Waals surface area contributed by atoms with Crippen LogP contribution in [0.1, 0.15) is 0 Å². The Kier molecular flexibility index (Phi) is 3.61. The van der Waals surface area contributed by atoms with Crippen molar-refractivity contribution in [3.63, 3.8) is 0 Å². The summed E-state index contributed by atoms with van der Waals surface area (Å²) in [7, 11) is 0. The van der Waals surface area contributed by atoms with Crippen LogP contribution < -0.4 is 4.74 Å². The molecule has 1 N–H and O–H groups in total. The van der Waals surface area contributed by atoms with Crippen LogP contribution in [-0.2, 0) is 0 Å². The SMILES string of the molecule is O=Nc1c2cc(-c3cccc(OC(F)(F)F)c3)[nH]nc-2c2ccccc12. The molecule has 1 aliphatic heterocycles. The third-order valence-electron chi connectivity index (χ3n) is 3.99. The van der Waals surface area contributed by atoms with Crippen molar-refractivity contribution in [2.45, 2.75) is 6.36 Å². The average Bonchev–Trinajstić information content (AvgIpc) is 2.93. The van der Waals surface area contributed by atoms with Crippen molar-refractivity contribution >= 4 is 16.5 Å². The van der Waals surface area contributed by atoms with Crippen LogP contribution in [-0.4, -0.2) is 16.6 Å². The lowest BCUT2D eigenvalue weighted by molar-refractivity contribution is -0.274. The number of nitrogens with zero attached hydrogens (tertiary/aromatic N) is 2. The molecule has 1 heterocycles. The van der Waals surface area contributed by atoms with Crippen molar-refractivity contribution in [3.8, 4) is 28.3 Å². The molecule has 0 bridgehead atoms. The number of ether oxygens (including phenoxy) is 1. The highest BCUT2D eigenvalue weighted by Gasteiger charge is 2.31. The molecule has 2 aromatic carbocycles. The number of nitroso groups, excluding NO2 is 1. The highest BCUT2D eigenvalue weighted by molar-refractivity contribution is 6.11. The van der Waals surface area contributed by atoms with E-state index in [4.69, 9.17) is 0 Å². The molecule has 0 radical (unpaired) electrons. The van der Waals surface area contributed by atoms with Crippen molar-refractivity contribution in [2.24, 2.45) is 5.18 Å². The molecule has 0 saturated heterocycles. The number of halogens is 3. The third-order valence-corrected chi connectivity index (χ3v) is 3.99. The molecule has 0 spiro atoms. The van der Waals surface area contributed by atoms with Crippen LogP contribution >= 0.6 is 0 Å². The highest BCUT2D eigenvalue weighted by Crippen LogP contribution is 2.44. The molecule has 0 saturated carbocycles. The summed E-state index contributed by atoms with van der Waals surface area (Å²) in [4.78, 5) is 11.3. The minimum Gasteiger partial charge on any atom is -0.406 e. The van der Waals surface area contributed by atoms with E-state index in [1.165, 1.54) is 18.2 Å². The fraction of sp³-hybridized carbons (Fsp3) is 0.0556. The number of benzene rings is 2. The fourth-order valence-corrected chi connectivity index (χ4v) is 2.96. The molecule has 2 aromatic rings. The van der Waals surface area contributed by atoms with Gasteiger partial charge in [0.1, 0.15) is 17.1 Å². The van der Waals surface area contributed by atoms with Crippen molar-refractivity contribution in [2.75, 3.05) is 0 Å². The largest absolute Gasteiger partial charge is 0.573 e. The van der Waals surface area contributed by atoms with Gasteiger partial charge in [-0.2, -0.15) is 5.10 Å². The Labute approximate surface area is 144 Å². The zero-order valence-electron chi connectivity index (χ0n) is 13.0. The summed E-state index contributed by atoms with van der Waals surface area (Å²) in [5, 5.41) is 11.6. The van der Waals surface area contributed by atoms with Crippen molar-refractivity contribution in [3.05, 3.63) is 59.5 Å². The first-order valence-corrected chi connectivity index (χ1v) is 7.55. The standard InChI is InChI=1S/C18H10F3N3O2/c19-18(20,21)26-11-5-3-4-10(8-11)15-9-14-16(23-22-15)12-6-1-2-7-13(12)17(14)24-25/h1-9,22H. The van der Waals surface area contributed by atoms with E-state index in [1.54, 1.807) is 24.3 Å². The van der Waals surface area contributed by atoms with Gasteiger partial charge in [-0.15, -0.1) is 18.1 Å². The summed E-state index contributed by atoms with van der Waals surface area (Å²) in [5.41, 5.74) is 2.22. The van der Waals surface area contributed by atoms with E-state index < -0.39 is 6.36 Å². The third kappa shape index (κ3) is 2.75. The fourth-order valence-electron chi connectivity index (χ4n) is 2.96. The minimum atomic E-state index is -4.78. The van der Waals surface area contributed by atoms with E-state index in [-0.39, 0.29) is 11.4 Å². The van der Waals surface area contributed by atoms with Gasteiger partial charge in [0.15, 0.2) is 0 Å². The second-order valence-corrected chi connectivity index (χ2v) is 5.61. The maximum Gasteiger partial charge on any atom is 0.573 e. The van der Waals surface area contributed by atoms with Gasteiger partial charge in [0.25, 0.3) is 0 Å². The van der Waals surface area contributed by atoms with Crippen molar-refractivity contribution in [1.82, 2.24) is 10.2 Å². The lowest BCUT2D eigenvalue weighted by Crippen LogP contribution is -2.17. The Morgan fingerprint density at radius 2 is 1.77 bits per heavy atom. The van der Waals surface area contributed by atoms with Gasteiger partial charge in [0.05, 0.1) is 5.69 Å². The van der Waals surface area contributed by atoms with Crippen LogP contribution in [0.3, 0.4) is 0 Å². The Balaban J connectivity index is 1.86. The zero-order valence-corrected chi connectivity index (χ0v) is 13.0. The molecule has 1 aliphatic carbocycles. The van der Waals surface area contributed by atoms with Crippen LogP contribution in [0.15, 0.2) is 59.8 Å². The Bertz CT molecular complexity index is 1090. The van der Waals surface area contributed by atoms with E-state index in [9.17, 15) is 18.1 Å². The van der Waals surface area contributed by atoms with Crippen LogP contribution in [0.2, 0.25) is 0 Å². The lowest BCUT2D eigenvalue weighted by Gasteiger charge is -2.10. The predicted molar refractivity (Wildman–Crippen MR) is 90.3 cm³/mol. The monoisotopic (exact) mass is 357 g/mol. The smallest absolute Gasteiger partial charge is 0.406 e. The molecule has 0 aromatic heterocycles. The summed E-state index contributed by atoms with van der Waals surface area (Å²) in [6.45, 7) is 0. The first kappa shape index (κ1) is 16.1. The summed E-state index contributed by atoms with van der Waals surface area (Å²) in [5.74, 6) is -0.343. The number of fused-ring (bicyclic) bond motifs is 3. The maximum absolute atomic E-state index is 12.4. The molecule has 0 amide bonds. The van der Waals surface area contributed by atoms with Crippen LogP contribution in [0.4, 0.5) is 18.9 Å². The Hall–Kier alpha value is -3.42.